The van der Waals surface area contributed by atoms with E-state index in [0.29, 0.717) is 10.9 Å². The van der Waals surface area contributed by atoms with Crippen LogP contribution in [0, 0.1) is 10.1 Å². The Labute approximate surface area is 115 Å². The molecule has 0 amide bonds. The Bertz CT molecular complexity index is 778. The van der Waals surface area contributed by atoms with Crippen molar-refractivity contribution < 1.29 is 9.76 Å². The smallest absolute Gasteiger partial charge is 0.279 e. The number of non-ortho nitro benzene ring substituents is 1. The molecule has 0 radical (unpaired) electrons. The predicted molar refractivity (Wildman–Crippen MR) is 76.5 cm³/mol. The lowest BCUT2D eigenvalue weighted by Gasteiger charge is -2.01. The van der Waals surface area contributed by atoms with Crippen LogP contribution in [-0.2, 0) is 0 Å². The van der Waals surface area contributed by atoms with E-state index >= 15 is 0 Å². The maximum absolute atomic E-state index is 11.3. The topological polar surface area (TPSA) is 57.3 Å². The molecule has 0 bridgehead atoms. The number of aromatic nitrogens is 1. The summed E-state index contributed by atoms with van der Waals surface area (Å²) in [6.45, 7) is 0. The molecule has 3 rings (SSSR count). The molecule has 0 unspecified atom stereocenters. The number of hydrogen-bond acceptors (Lipinski definition) is 3. The molecule has 0 N–H and O–H groups in total. The molecule has 0 saturated heterocycles. The van der Waals surface area contributed by atoms with Crippen LogP contribution in [0.1, 0.15) is 0 Å². The van der Waals surface area contributed by atoms with Crippen LogP contribution >= 0.6 is 0 Å². The largest absolute Gasteiger partial charge is 0.417 e. The van der Waals surface area contributed by atoms with E-state index < -0.39 is 0 Å². The number of nitro groups is 1. The van der Waals surface area contributed by atoms with Crippen molar-refractivity contribution in [2.75, 3.05) is 7.11 Å². The first kappa shape index (κ1) is 12.2. The highest BCUT2D eigenvalue weighted by atomic mass is 16.6. The van der Waals surface area contributed by atoms with E-state index in [1.165, 1.54) is 13.2 Å². The number of fused-ring (bicyclic) bond motifs is 1. The highest BCUT2D eigenvalue weighted by molar-refractivity contribution is 6.02. The molecule has 1 aromatic heterocycles. The third-order valence-corrected chi connectivity index (χ3v) is 3.25. The first-order valence-corrected chi connectivity index (χ1v) is 6.10. The van der Waals surface area contributed by atoms with Crippen molar-refractivity contribution in [1.29, 1.82) is 0 Å². The van der Waals surface area contributed by atoms with Gasteiger partial charge in [-0.15, -0.1) is 0 Å². The molecule has 0 atom stereocenters. The lowest BCUT2D eigenvalue weighted by molar-refractivity contribution is -0.383. The Morgan fingerprint density at radius 1 is 1.10 bits per heavy atom. The Kier molecular flexibility index (Phi) is 2.87. The summed E-state index contributed by atoms with van der Waals surface area (Å²) in [7, 11) is 1.53. The number of hydrogen-bond donors (Lipinski definition) is 0. The van der Waals surface area contributed by atoms with Gasteiger partial charge in [0.2, 0.25) is 0 Å². The molecule has 0 saturated carbocycles. The van der Waals surface area contributed by atoms with Gasteiger partial charge in [0.05, 0.1) is 22.0 Å². The fourth-order valence-electron chi connectivity index (χ4n) is 2.38. The van der Waals surface area contributed by atoms with Gasteiger partial charge in [-0.3, -0.25) is 10.1 Å². The average molecular weight is 268 g/mol. The van der Waals surface area contributed by atoms with Crippen molar-refractivity contribution in [1.82, 2.24) is 4.73 Å². The van der Waals surface area contributed by atoms with Crippen molar-refractivity contribution >= 4 is 16.6 Å². The van der Waals surface area contributed by atoms with E-state index in [1.54, 1.807) is 23.1 Å². The van der Waals surface area contributed by atoms with Gasteiger partial charge in [-0.2, -0.15) is 4.73 Å². The number of benzene rings is 2. The highest BCUT2D eigenvalue weighted by Crippen LogP contribution is 2.36. The molecule has 0 fully saturated rings. The minimum Gasteiger partial charge on any atom is -0.417 e. The van der Waals surface area contributed by atoms with Crippen LogP contribution in [0.2, 0.25) is 0 Å². The van der Waals surface area contributed by atoms with E-state index in [1.807, 2.05) is 30.3 Å². The van der Waals surface area contributed by atoms with Crippen molar-refractivity contribution in [3.05, 3.63) is 64.8 Å². The van der Waals surface area contributed by atoms with Gasteiger partial charge in [-0.05, 0) is 11.6 Å². The van der Waals surface area contributed by atoms with E-state index in [-0.39, 0.29) is 10.6 Å². The fourth-order valence-corrected chi connectivity index (χ4v) is 2.38. The van der Waals surface area contributed by atoms with Gasteiger partial charge in [0.25, 0.3) is 5.69 Å². The van der Waals surface area contributed by atoms with Gasteiger partial charge in [0.1, 0.15) is 7.11 Å². The third-order valence-electron chi connectivity index (χ3n) is 3.25. The zero-order valence-corrected chi connectivity index (χ0v) is 10.8. The highest BCUT2D eigenvalue weighted by Gasteiger charge is 2.20. The zero-order valence-electron chi connectivity index (χ0n) is 10.8. The van der Waals surface area contributed by atoms with Crippen LogP contribution in [0.25, 0.3) is 22.0 Å². The Morgan fingerprint density at radius 2 is 1.85 bits per heavy atom. The lowest BCUT2D eigenvalue weighted by Crippen LogP contribution is -2.02. The second-order valence-corrected chi connectivity index (χ2v) is 4.35. The van der Waals surface area contributed by atoms with Crippen molar-refractivity contribution in [3.8, 4) is 11.1 Å². The van der Waals surface area contributed by atoms with Crippen molar-refractivity contribution in [2.24, 2.45) is 0 Å². The molecule has 0 aliphatic carbocycles. The minimum absolute atomic E-state index is 0.0807. The molecular formula is C15H12N2O3. The van der Waals surface area contributed by atoms with Crippen LogP contribution < -0.4 is 4.84 Å². The van der Waals surface area contributed by atoms with Crippen LogP contribution in [-0.4, -0.2) is 16.8 Å². The van der Waals surface area contributed by atoms with Crippen LogP contribution in [0.4, 0.5) is 5.69 Å². The van der Waals surface area contributed by atoms with Crippen LogP contribution in [0.3, 0.4) is 0 Å². The summed E-state index contributed by atoms with van der Waals surface area (Å²) < 4.78 is 1.55. The van der Waals surface area contributed by atoms with Crippen LogP contribution in [0.5, 0.6) is 0 Å². The molecule has 100 valence electrons. The summed E-state index contributed by atoms with van der Waals surface area (Å²) in [4.78, 5) is 16.1. The minimum atomic E-state index is -0.366. The molecule has 20 heavy (non-hydrogen) atoms. The maximum atomic E-state index is 11.3. The third kappa shape index (κ3) is 1.80. The Balaban J connectivity index is 2.40. The summed E-state index contributed by atoms with van der Waals surface area (Å²) >= 11 is 0. The quantitative estimate of drug-likeness (QED) is 0.541. The van der Waals surface area contributed by atoms with E-state index in [4.69, 9.17) is 4.84 Å². The van der Waals surface area contributed by atoms with Gasteiger partial charge in [0, 0.05) is 11.6 Å². The van der Waals surface area contributed by atoms with Crippen LogP contribution in [0.15, 0.2) is 54.7 Å². The maximum Gasteiger partial charge on any atom is 0.279 e. The first-order valence-electron chi connectivity index (χ1n) is 6.10. The van der Waals surface area contributed by atoms with E-state index in [2.05, 4.69) is 0 Å². The second-order valence-electron chi connectivity index (χ2n) is 4.35. The molecule has 0 spiro atoms. The summed E-state index contributed by atoms with van der Waals surface area (Å²) in [5, 5.41) is 11.8. The molecule has 5 nitrogen and oxygen atoms in total. The van der Waals surface area contributed by atoms with Gasteiger partial charge in [-0.1, -0.05) is 36.4 Å². The van der Waals surface area contributed by atoms with Crippen molar-refractivity contribution in [3.63, 3.8) is 0 Å². The standard InChI is InChI=1S/C15H12N2O3/c1-20-16-10-12(11-6-3-2-4-7-11)15-13(16)8-5-9-14(15)17(18)19/h2-10H,1H3. The van der Waals surface area contributed by atoms with Gasteiger partial charge < -0.3 is 4.84 Å². The normalized spacial score (nSPS) is 10.7. The average Bonchev–Trinajstić information content (AvgIpc) is 2.86. The summed E-state index contributed by atoms with van der Waals surface area (Å²) in [5.41, 5.74) is 2.47. The fraction of sp³-hybridized carbons (Fsp3) is 0.0667. The number of nitro benzene ring substituents is 1. The zero-order chi connectivity index (χ0) is 14.1. The molecule has 5 heteroatoms. The Morgan fingerprint density at radius 3 is 2.50 bits per heavy atom. The lowest BCUT2D eigenvalue weighted by atomic mass is 10.0. The van der Waals surface area contributed by atoms with Gasteiger partial charge in [0.15, 0.2) is 0 Å². The SMILES string of the molecule is COn1cc(-c2ccccc2)c2c([N+](=O)[O-])cccc21. The van der Waals surface area contributed by atoms with Crippen molar-refractivity contribution in [2.45, 2.75) is 0 Å². The summed E-state index contributed by atoms with van der Waals surface area (Å²) in [5.74, 6) is 0. The Hall–Kier alpha value is -2.82. The first-order chi connectivity index (χ1) is 9.72. The monoisotopic (exact) mass is 268 g/mol. The molecule has 0 aliphatic heterocycles. The van der Waals surface area contributed by atoms with Gasteiger partial charge in [-0.25, -0.2) is 0 Å². The summed E-state index contributed by atoms with van der Waals surface area (Å²) in [6, 6.07) is 14.5. The predicted octanol–water partition coefficient (Wildman–Crippen LogP) is 3.27. The van der Waals surface area contributed by atoms with E-state index in [9.17, 15) is 10.1 Å². The molecule has 3 aromatic rings. The molecule has 0 aliphatic rings. The number of nitrogens with zero attached hydrogens (tertiary/aromatic N) is 2. The van der Waals surface area contributed by atoms with E-state index in [0.717, 1.165) is 11.1 Å². The van der Waals surface area contributed by atoms with Gasteiger partial charge >= 0.3 is 0 Å². The molecule has 2 aromatic carbocycles. The summed E-state index contributed by atoms with van der Waals surface area (Å²) in [6.07, 6.45) is 1.77. The second kappa shape index (κ2) is 4.70. The number of rotatable bonds is 3. The molecule has 1 heterocycles. The molecular weight excluding hydrogens is 256 g/mol.